The minimum atomic E-state index is -4.22. The molecule has 6 nitrogen and oxygen atoms in total. The van der Waals surface area contributed by atoms with Gasteiger partial charge in [0.05, 0.1) is 12.5 Å². The van der Waals surface area contributed by atoms with Crippen molar-refractivity contribution in [2.24, 2.45) is 5.92 Å². The van der Waals surface area contributed by atoms with E-state index in [1.54, 1.807) is 24.3 Å². The van der Waals surface area contributed by atoms with Crippen LogP contribution in [0.3, 0.4) is 0 Å². The number of piperidine rings is 1. The Bertz CT molecular complexity index is 863. The normalized spacial score (nSPS) is 22.3. The molecule has 124 valence electrons. The summed E-state index contributed by atoms with van der Waals surface area (Å²) in [7, 11) is -4.22. The minimum absolute atomic E-state index is 0.130. The predicted octanol–water partition coefficient (Wildman–Crippen LogP) is 1.90. The largest absolute Gasteiger partial charge is 0.481 e. The van der Waals surface area contributed by atoms with Crippen molar-refractivity contribution in [3.63, 3.8) is 0 Å². The number of sulfonamides is 1. The lowest BCUT2D eigenvalue weighted by Gasteiger charge is -2.34. The van der Waals surface area contributed by atoms with Crippen LogP contribution in [-0.2, 0) is 14.8 Å². The Labute approximate surface area is 130 Å². The number of hydrogen-bond acceptors (Lipinski definition) is 3. The summed E-state index contributed by atoms with van der Waals surface area (Å²) in [5.74, 6) is -6.23. The number of carbonyl (C=O) groups is 1. The van der Waals surface area contributed by atoms with Crippen molar-refractivity contribution >= 4 is 26.9 Å². The first-order valence-corrected chi connectivity index (χ1v) is 8.32. The van der Waals surface area contributed by atoms with Gasteiger partial charge in [0.2, 0.25) is 10.0 Å². The zero-order valence-corrected chi connectivity index (χ0v) is 12.7. The van der Waals surface area contributed by atoms with E-state index < -0.39 is 47.3 Å². The molecule has 2 heterocycles. The Morgan fingerprint density at radius 2 is 2.04 bits per heavy atom. The molecule has 1 saturated heterocycles. The molecule has 1 aliphatic heterocycles. The SMILES string of the molecule is O=C(O)C1CN(S(=O)(=O)c2c[nH]c3ccccc23)CC(F)(F)C1. The fourth-order valence-corrected chi connectivity index (χ4v) is 4.48. The molecule has 0 radical (unpaired) electrons. The molecule has 2 N–H and O–H groups in total. The van der Waals surface area contributed by atoms with Crippen molar-refractivity contribution in [2.75, 3.05) is 13.1 Å². The van der Waals surface area contributed by atoms with Crippen LogP contribution in [0.1, 0.15) is 6.42 Å². The number of hydrogen-bond donors (Lipinski definition) is 2. The second-order valence-electron chi connectivity index (χ2n) is 5.59. The summed E-state index contributed by atoms with van der Waals surface area (Å²) in [6.07, 6.45) is 0.380. The highest BCUT2D eigenvalue weighted by Gasteiger charge is 2.47. The molecule has 9 heteroatoms. The van der Waals surface area contributed by atoms with Crippen molar-refractivity contribution < 1.29 is 27.1 Å². The van der Waals surface area contributed by atoms with E-state index in [-0.39, 0.29) is 4.90 Å². The molecule has 2 aromatic rings. The maximum atomic E-state index is 13.8. The van der Waals surface area contributed by atoms with E-state index in [4.69, 9.17) is 5.11 Å². The maximum absolute atomic E-state index is 13.8. The Morgan fingerprint density at radius 3 is 2.74 bits per heavy atom. The number of rotatable bonds is 3. The first-order chi connectivity index (χ1) is 10.7. The van der Waals surface area contributed by atoms with Gasteiger partial charge in [0.15, 0.2) is 0 Å². The van der Waals surface area contributed by atoms with Gasteiger partial charge in [-0.2, -0.15) is 4.31 Å². The molecule has 0 spiro atoms. The lowest BCUT2D eigenvalue weighted by molar-refractivity contribution is -0.150. The van der Waals surface area contributed by atoms with Crippen LogP contribution in [0.4, 0.5) is 8.78 Å². The molecular formula is C14H14F2N2O4S. The topological polar surface area (TPSA) is 90.5 Å². The van der Waals surface area contributed by atoms with Crippen molar-refractivity contribution in [1.29, 1.82) is 0 Å². The summed E-state index contributed by atoms with van der Waals surface area (Å²) in [6, 6.07) is 6.58. The predicted molar refractivity (Wildman–Crippen MR) is 77.7 cm³/mol. The van der Waals surface area contributed by atoms with Crippen molar-refractivity contribution in [3.8, 4) is 0 Å². The summed E-state index contributed by atoms with van der Waals surface area (Å²) in [5.41, 5.74) is 0.560. The van der Waals surface area contributed by atoms with Gasteiger partial charge in [0.1, 0.15) is 4.90 Å². The maximum Gasteiger partial charge on any atom is 0.308 e. The highest BCUT2D eigenvalue weighted by atomic mass is 32.2. The van der Waals surface area contributed by atoms with Crippen LogP contribution in [0.5, 0.6) is 0 Å². The van der Waals surface area contributed by atoms with Gasteiger partial charge < -0.3 is 10.1 Å². The third kappa shape index (κ3) is 2.81. The third-order valence-corrected chi connectivity index (χ3v) is 5.75. The van der Waals surface area contributed by atoms with Crippen LogP contribution >= 0.6 is 0 Å². The molecule has 1 fully saturated rings. The molecule has 0 bridgehead atoms. The number of carboxylic acid groups (broad SMARTS) is 1. The van der Waals surface area contributed by atoms with Gasteiger partial charge in [-0.3, -0.25) is 4.79 Å². The van der Waals surface area contributed by atoms with Gasteiger partial charge in [-0.15, -0.1) is 0 Å². The van der Waals surface area contributed by atoms with E-state index in [1.165, 1.54) is 6.20 Å². The molecule has 0 aliphatic carbocycles. The first kappa shape index (κ1) is 15.9. The zero-order chi connectivity index (χ0) is 16.8. The average molecular weight is 344 g/mol. The zero-order valence-electron chi connectivity index (χ0n) is 11.9. The van der Waals surface area contributed by atoms with E-state index >= 15 is 0 Å². The standard InChI is InChI=1S/C14H14F2N2O4S/c15-14(16)5-9(13(19)20)7-18(8-14)23(21,22)12-6-17-11-4-2-1-3-10(11)12/h1-4,6,9,17H,5,7-8H2,(H,19,20). The first-order valence-electron chi connectivity index (χ1n) is 6.88. The fourth-order valence-electron chi connectivity index (χ4n) is 2.80. The van der Waals surface area contributed by atoms with E-state index in [2.05, 4.69) is 4.98 Å². The number of para-hydroxylation sites is 1. The number of alkyl halides is 2. The van der Waals surface area contributed by atoms with E-state index in [0.717, 1.165) is 0 Å². The second kappa shape index (κ2) is 5.27. The lowest BCUT2D eigenvalue weighted by atomic mass is 9.97. The van der Waals surface area contributed by atoms with Crippen LogP contribution in [0.15, 0.2) is 35.4 Å². The summed E-state index contributed by atoms with van der Waals surface area (Å²) in [4.78, 5) is 13.7. The van der Waals surface area contributed by atoms with Crippen LogP contribution in [0.25, 0.3) is 10.9 Å². The number of aromatic nitrogens is 1. The van der Waals surface area contributed by atoms with Gasteiger partial charge in [0.25, 0.3) is 5.92 Å². The minimum Gasteiger partial charge on any atom is -0.481 e. The van der Waals surface area contributed by atoms with E-state index in [9.17, 15) is 22.0 Å². The van der Waals surface area contributed by atoms with Crippen molar-refractivity contribution in [1.82, 2.24) is 9.29 Å². The Morgan fingerprint density at radius 1 is 1.35 bits per heavy atom. The van der Waals surface area contributed by atoms with Crippen LogP contribution in [0, 0.1) is 5.92 Å². The molecule has 1 aliphatic rings. The van der Waals surface area contributed by atoms with Gasteiger partial charge in [-0.1, -0.05) is 18.2 Å². The van der Waals surface area contributed by atoms with Crippen molar-refractivity contribution in [3.05, 3.63) is 30.5 Å². The number of fused-ring (bicyclic) bond motifs is 1. The smallest absolute Gasteiger partial charge is 0.308 e. The molecule has 23 heavy (non-hydrogen) atoms. The van der Waals surface area contributed by atoms with E-state index in [1.807, 2.05) is 0 Å². The number of nitrogens with zero attached hydrogens (tertiary/aromatic N) is 1. The molecule has 1 aromatic heterocycles. The molecule has 3 rings (SSSR count). The molecule has 0 amide bonds. The summed E-state index contributed by atoms with van der Waals surface area (Å²) in [6.45, 7) is -1.48. The highest BCUT2D eigenvalue weighted by molar-refractivity contribution is 7.89. The Hall–Kier alpha value is -2.00. The van der Waals surface area contributed by atoms with Crippen LogP contribution in [-0.4, -0.2) is 47.8 Å². The monoisotopic (exact) mass is 344 g/mol. The summed E-state index contributed by atoms with van der Waals surface area (Å²) >= 11 is 0. The number of carboxylic acids is 1. The third-order valence-electron chi connectivity index (χ3n) is 3.90. The quantitative estimate of drug-likeness (QED) is 0.890. The number of H-pyrrole nitrogens is 1. The van der Waals surface area contributed by atoms with E-state index in [0.29, 0.717) is 15.2 Å². The number of halogens is 2. The number of aromatic amines is 1. The van der Waals surface area contributed by atoms with Crippen molar-refractivity contribution in [2.45, 2.75) is 17.2 Å². The fraction of sp³-hybridized carbons (Fsp3) is 0.357. The highest BCUT2D eigenvalue weighted by Crippen LogP contribution is 2.35. The molecule has 1 aromatic carbocycles. The van der Waals surface area contributed by atoms with Crippen LogP contribution < -0.4 is 0 Å². The Kier molecular flexibility index (Phi) is 3.64. The van der Waals surface area contributed by atoms with Gasteiger partial charge in [-0.05, 0) is 6.07 Å². The average Bonchev–Trinajstić information content (AvgIpc) is 2.90. The molecule has 1 atom stereocenters. The van der Waals surface area contributed by atoms with Crippen LogP contribution in [0.2, 0.25) is 0 Å². The molecule has 0 saturated carbocycles. The summed E-state index contributed by atoms with van der Waals surface area (Å²) in [5, 5.41) is 9.38. The molecular weight excluding hydrogens is 330 g/mol. The van der Waals surface area contributed by atoms with Gasteiger partial charge >= 0.3 is 5.97 Å². The number of benzene rings is 1. The summed E-state index contributed by atoms with van der Waals surface area (Å²) < 4.78 is 53.5. The number of aliphatic carboxylic acids is 1. The molecule has 1 unspecified atom stereocenters. The Balaban J connectivity index is 2.03. The number of nitrogens with one attached hydrogen (secondary N) is 1. The van der Waals surface area contributed by atoms with Gasteiger partial charge in [0, 0.05) is 30.1 Å². The second-order valence-corrected chi connectivity index (χ2v) is 7.50. The lowest BCUT2D eigenvalue weighted by Crippen LogP contribution is -2.51. The van der Waals surface area contributed by atoms with Gasteiger partial charge in [-0.25, -0.2) is 17.2 Å².